The molecule has 1 unspecified atom stereocenters. The van der Waals surface area contributed by atoms with E-state index < -0.39 is 0 Å². The van der Waals surface area contributed by atoms with Gasteiger partial charge < -0.3 is 15.4 Å². The molecule has 0 heterocycles. The summed E-state index contributed by atoms with van der Waals surface area (Å²) in [7, 11) is 1.60. The normalized spacial score (nSPS) is 11.8. The number of nitrogens with one attached hydrogen (secondary N) is 2. The SMILES string of the molecule is COCCNC(=O)C(C)Sc1ccc(NC(C)=O)cc1. The van der Waals surface area contributed by atoms with Crippen LogP contribution in [0.3, 0.4) is 0 Å². The number of hydrogen-bond acceptors (Lipinski definition) is 4. The van der Waals surface area contributed by atoms with Crippen molar-refractivity contribution in [1.29, 1.82) is 0 Å². The average Bonchev–Trinajstić information content (AvgIpc) is 2.40. The fourth-order valence-electron chi connectivity index (χ4n) is 1.50. The lowest BCUT2D eigenvalue weighted by Gasteiger charge is -2.12. The number of carbonyl (C=O) groups is 2. The Morgan fingerprint density at radius 3 is 2.50 bits per heavy atom. The minimum Gasteiger partial charge on any atom is -0.383 e. The van der Waals surface area contributed by atoms with Gasteiger partial charge in [0, 0.05) is 31.2 Å². The molecule has 6 heteroatoms. The summed E-state index contributed by atoms with van der Waals surface area (Å²) in [5.74, 6) is -0.116. The van der Waals surface area contributed by atoms with E-state index >= 15 is 0 Å². The summed E-state index contributed by atoms with van der Waals surface area (Å²) in [6.07, 6.45) is 0. The highest BCUT2D eigenvalue weighted by Crippen LogP contribution is 2.24. The second kappa shape index (κ2) is 8.60. The number of carbonyl (C=O) groups excluding carboxylic acids is 2. The van der Waals surface area contributed by atoms with Crippen molar-refractivity contribution in [3.05, 3.63) is 24.3 Å². The molecule has 2 amide bonds. The maximum Gasteiger partial charge on any atom is 0.233 e. The lowest BCUT2D eigenvalue weighted by Crippen LogP contribution is -2.33. The molecule has 1 aromatic rings. The van der Waals surface area contributed by atoms with E-state index in [1.54, 1.807) is 7.11 Å². The molecule has 0 aliphatic carbocycles. The van der Waals surface area contributed by atoms with Gasteiger partial charge in [-0.15, -0.1) is 11.8 Å². The first-order valence-electron chi connectivity index (χ1n) is 6.34. The molecule has 0 aromatic heterocycles. The Labute approximate surface area is 123 Å². The van der Waals surface area contributed by atoms with Crippen LogP contribution in [0, 0.1) is 0 Å². The summed E-state index contributed by atoms with van der Waals surface area (Å²) in [5, 5.41) is 5.32. The van der Waals surface area contributed by atoms with Crippen LogP contribution in [-0.4, -0.2) is 37.3 Å². The molecule has 0 saturated heterocycles. The van der Waals surface area contributed by atoms with Crippen LogP contribution in [0.5, 0.6) is 0 Å². The standard InChI is InChI=1S/C14H20N2O3S/c1-10(14(18)15-8-9-19-3)20-13-6-4-12(5-7-13)16-11(2)17/h4-7,10H,8-9H2,1-3H3,(H,15,18)(H,16,17). The molecule has 1 aromatic carbocycles. The zero-order valence-corrected chi connectivity index (χ0v) is 12.8. The Kier molecular flexibility index (Phi) is 7.11. The number of ether oxygens (including phenoxy) is 1. The molecule has 0 fully saturated rings. The number of benzene rings is 1. The zero-order valence-electron chi connectivity index (χ0n) is 11.9. The monoisotopic (exact) mass is 296 g/mol. The van der Waals surface area contributed by atoms with Crippen LogP contribution in [0.15, 0.2) is 29.2 Å². The van der Waals surface area contributed by atoms with Crippen molar-refractivity contribution in [2.75, 3.05) is 25.6 Å². The van der Waals surface area contributed by atoms with E-state index in [2.05, 4.69) is 10.6 Å². The first-order valence-corrected chi connectivity index (χ1v) is 7.22. The van der Waals surface area contributed by atoms with Gasteiger partial charge in [0.1, 0.15) is 0 Å². The molecule has 1 atom stereocenters. The average molecular weight is 296 g/mol. The lowest BCUT2D eigenvalue weighted by molar-refractivity contribution is -0.120. The molecule has 0 aliphatic heterocycles. The third-order valence-electron chi connectivity index (χ3n) is 2.46. The summed E-state index contributed by atoms with van der Waals surface area (Å²) in [6.45, 7) is 4.35. The summed E-state index contributed by atoms with van der Waals surface area (Å²) in [5.41, 5.74) is 0.749. The Balaban J connectivity index is 2.47. The van der Waals surface area contributed by atoms with E-state index in [0.717, 1.165) is 10.6 Å². The van der Waals surface area contributed by atoms with E-state index in [1.165, 1.54) is 18.7 Å². The fraction of sp³-hybridized carbons (Fsp3) is 0.429. The van der Waals surface area contributed by atoms with Crippen LogP contribution in [0.25, 0.3) is 0 Å². The van der Waals surface area contributed by atoms with Crippen molar-refractivity contribution in [3.8, 4) is 0 Å². The summed E-state index contributed by atoms with van der Waals surface area (Å²) in [6, 6.07) is 7.41. The van der Waals surface area contributed by atoms with E-state index in [1.807, 2.05) is 31.2 Å². The maximum absolute atomic E-state index is 11.8. The van der Waals surface area contributed by atoms with Crippen molar-refractivity contribution >= 4 is 29.3 Å². The van der Waals surface area contributed by atoms with Crippen molar-refractivity contribution < 1.29 is 14.3 Å². The summed E-state index contributed by atoms with van der Waals surface area (Å²) in [4.78, 5) is 23.7. The van der Waals surface area contributed by atoms with Gasteiger partial charge in [-0.25, -0.2) is 0 Å². The Bertz CT molecular complexity index is 448. The number of methoxy groups -OCH3 is 1. The highest BCUT2D eigenvalue weighted by atomic mass is 32.2. The third-order valence-corrected chi connectivity index (χ3v) is 3.57. The van der Waals surface area contributed by atoms with Gasteiger partial charge in [-0.1, -0.05) is 0 Å². The van der Waals surface area contributed by atoms with Crippen LogP contribution in [0.1, 0.15) is 13.8 Å². The van der Waals surface area contributed by atoms with Gasteiger partial charge in [0.15, 0.2) is 0 Å². The Morgan fingerprint density at radius 2 is 1.95 bits per heavy atom. The van der Waals surface area contributed by atoms with Crippen LogP contribution in [0.4, 0.5) is 5.69 Å². The molecular weight excluding hydrogens is 276 g/mol. The predicted octanol–water partition coefficient (Wildman–Crippen LogP) is 1.89. The number of rotatable bonds is 7. The largest absolute Gasteiger partial charge is 0.383 e. The van der Waals surface area contributed by atoms with Gasteiger partial charge in [-0.3, -0.25) is 9.59 Å². The second-order valence-electron chi connectivity index (χ2n) is 4.25. The first-order chi connectivity index (χ1) is 9.52. The quantitative estimate of drug-likeness (QED) is 0.595. The topological polar surface area (TPSA) is 67.4 Å². The molecule has 2 N–H and O–H groups in total. The number of anilines is 1. The van der Waals surface area contributed by atoms with E-state index in [4.69, 9.17) is 4.74 Å². The van der Waals surface area contributed by atoms with Crippen LogP contribution < -0.4 is 10.6 Å². The highest BCUT2D eigenvalue weighted by molar-refractivity contribution is 8.00. The molecule has 0 radical (unpaired) electrons. The lowest BCUT2D eigenvalue weighted by atomic mass is 10.3. The Hall–Kier alpha value is -1.53. The molecule has 0 bridgehead atoms. The Morgan fingerprint density at radius 1 is 1.30 bits per heavy atom. The van der Waals surface area contributed by atoms with Gasteiger partial charge in [0.05, 0.1) is 11.9 Å². The van der Waals surface area contributed by atoms with Gasteiger partial charge in [0.25, 0.3) is 0 Å². The molecule has 110 valence electrons. The molecule has 5 nitrogen and oxygen atoms in total. The maximum atomic E-state index is 11.8. The molecule has 0 aliphatic rings. The minimum atomic E-state index is -0.182. The van der Waals surface area contributed by atoms with Gasteiger partial charge in [0.2, 0.25) is 11.8 Å². The predicted molar refractivity (Wildman–Crippen MR) is 81.0 cm³/mol. The molecule has 1 rings (SSSR count). The van der Waals surface area contributed by atoms with Crippen molar-refractivity contribution in [2.45, 2.75) is 24.0 Å². The minimum absolute atomic E-state index is 0.0158. The summed E-state index contributed by atoms with van der Waals surface area (Å²) >= 11 is 1.47. The first kappa shape index (κ1) is 16.5. The van der Waals surface area contributed by atoms with E-state index in [-0.39, 0.29) is 17.1 Å². The number of amides is 2. The number of hydrogen-bond donors (Lipinski definition) is 2. The van der Waals surface area contributed by atoms with Gasteiger partial charge >= 0.3 is 0 Å². The van der Waals surface area contributed by atoms with Crippen LogP contribution in [-0.2, 0) is 14.3 Å². The van der Waals surface area contributed by atoms with Crippen molar-refractivity contribution in [3.63, 3.8) is 0 Å². The summed E-state index contributed by atoms with van der Waals surface area (Å²) < 4.78 is 4.88. The molecule has 20 heavy (non-hydrogen) atoms. The fourth-order valence-corrected chi connectivity index (χ4v) is 2.39. The van der Waals surface area contributed by atoms with Crippen molar-refractivity contribution in [1.82, 2.24) is 5.32 Å². The molecular formula is C14H20N2O3S. The van der Waals surface area contributed by atoms with Crippen LogP contribution in [0.2, 0.25) is 0 Å². The smallest absolute Gasteiger partial charge is 0.233 e. The van der Waals surface area contributed by atoms with Gasteiger partial charge in [-0.2, -0.15) is 0 Å². The van der Waals surface area contributed by atoms with E-state index in [0.29, 0.717) is 13.2 Å². The van der Waals surface area contributed by atoms with Gasteiger partial charge in [-0.05, 0) is 31.2 Å². The zero-order chi connectivity index (χ0) is 15.0. The molecule has 0 saturated carbocycles. The van der Waals surface area contributed by atoms with Crippen molar-refractivity contribution in [2.24, 2.45) is 0 Å². The van der Waals surface area contributed by atoms with Crippen LogP contribution >= 0.6 is 11.8 Å². The third kappa shape index (κ3) is 6.08. The van der Waals surface area contributed by atoms with E-state index in [9.17, 15) is 9.59 Å². The number of thioether (sulfide) groups is 1. The highest BCUT2D eigenvalue weighted by Gasteiger charge is 2.13. The second-order valence-corrected chi connectivity index (χ2v) is 5.66. The molecule has 0 spiro atoms.